The maximum Gasteiger partial charge on any atom is 0.381 e. The van der Waals surface area contributed by atoms with Crippen LogP contribution < -0.4 is 10.1 Å². The van der Waals surface area contributed by atoms with Gasteiger partial charge in [-0.2, -0.15) is 0 Å². The molecule has 1 amide bonds. The summed E-state index contributed by atoms with van der Waals surface area (Å²) in [5, 5.41) is 14.0. The number of nitrogens with zero attached hydrogens (tertiary/aromatic N) is 3. The number of aromatic nitrogens is 2. The van der Waals surface area contributed by atoms with E-state index in [0.717, 1.165) is 19.3 Å². The zero-order valence-electron chi connectivity index (χ0n) is 16.8. The molecule has 1 heterocycles. The zero-order chi connectivity index (χ0) is 20.7. The van der Waals surface area contributed by atoms with Crippen LogP contribution in [-0.2, 0) is 10.3 Å². The molecule has 0 saturated carbocycles. The van der Waals surface area contributed by atoms with Crippen molar-refractivity contribution in [3.05, 3.63) is 52.5 Å². The van der Waals surface area contributed by atoms with E-state index in [-0.39, 0.29) is 11.7 Å². The van der Waals surface area contributed by atoms with Gasteiger partial charge in [0.1, 0.15) is 17.5 Å². The Morgan fingerprint density at radius 2 is 2.04 bits per heavy atom. The minimum atomic E-state index is -1.18. The normalized spacial score (nSPS) is 14.1. The number of ether oxygens (including phenoxy) is 1. The number of benzene rings is 1. The van der Waals surface area contributed by atoms with Gasteiger partial charge in [0.2, 0.25) is 6.33 Å². The minimum absolute atomic E-state index is 0.242. The number of hydrogen-bond acceptors (Lipinski definition) is 5. The summed E-state index contributed by atoms with van der Waals surface area (Å²) in [4.78, 5) is 27.5. The molecule has 0 aliphatic rings. The molecule has 28 heavy (non-hydrogen) atoms. The molecule has 1 aromatic carbocycles. The summed E-state index contributed by atoms with van der Waals surface area (Å²) in [7, 11) is 1.57. The molecule has 0 spiro atoms. The third kappa shape index (κ3) is 4.68. The fraction of sp³-hybridized carbons (Fsp3) is 0.500. The number of nitro groups is 1. The van der Waals surface area contributed by atoms with E-state index in [0.29, 0.717) is 23.8 Å². The Morgan fingerprint density at radius 3 is 2.57 bits per heavy atom. The van der Waals surface area contributed by atoms with Crippen LogP contribution in [0.4, 0.5) is 5.82 Å². The first-order valence-electron chi connectivity index (χ1n) is 9.44. The largest absolute Gasteiger partial charge is 0.497 e. The van der Waals surface area contributed by atoms with Crippen molar-refractivity contribution in [1.82, 2.24) is 14.9 Å². The van der Waals surface area contributed by atoms with Gasteiger partial charge in [0.05, 0.1) is 7.11 Å². The minimum Gasteiger partial charge on any atom is -0.497 e. The molecule has 1 aromatic heterocycles. The molecule has 2 rings (SSSR count). The van der Waals surface area contributed by atoms with Crippen LogP contribution in [0.3, 0.4) is 0 Å². The molecule has 0 radical (unpaired) electrons. The van der Waals surface area contributed by atoms with Gasteiger partial charge in [-0.05, 0) is 46.9 Å². The number of nitrogens with one attached hydrogen (secondary N) is 1. The van der Waals surface area contributed by atoms with Gasteiger partial charge in [0.25, 0.3) is 5.91 Å². The average Bonchev–Trinajstić information content (AvgIpc) is 3.18. The van der Waals surface area contributed by atoms with E-state index in [1.165, 1.54) is 17.1 Å². The molecule has 1 N–H and O–H groups in total. The Labute approximate surface area is 165 Å². The molecule has 2 unspecified atom stereocenters. The van der Waals surface area contributed by atoms with Gasteiger partial charge < -0.3 is 20.2 Å². The van der Waals surface area contributed by atoms with Crippen molar-refractivity contribution in [2.24, 2.45) is 5.92 Å². The lowest BCUT2D eigenvalue weighted by molar-refractivity contribution is -0.389. The van der Waals surface area contributed by atoms with Gasteiger partial charge in [-0.1, -0.05) is 38.8 Å². The number of amides is 1. The molecule has 0 fully saturated rings. The number of carbonyl (C=O) groups is 1. The summed E-state index contributed by atoms with van der Waals surface area (Å²) >= 11 is 0. The van der Waals surface area contributed by atoms with E-state index < -0.39 is 10.5 Å². The van der Waals surface area contributed by atoms with Crippen LogP contribution in [0.5, 0.6) is 5.75 Å². The molecule has 8 nitrogen and oxygen atoms in total. The second-order valence-electron chi connectivity index (χ2n) is 7.14. The lowest BCUT2D eigenvalue weighted by atomic mass is 9.90. The smallest absolute Gasteiger partial charge is 0.381 e. The van der Waals surface area contributed by atoms with Crippen molar-refractivity contribution in [3.8, 4) is 5.75 Å². The summed E-state index contributed by atoms with van der Waals surface area (Å²) < 4.78 is 6.67. The van der Waals surface area contributed by atoms with E-state index in [1.54, 1.807) is 38.3 Å². The first-order valence-corrected chi connectivity index (χ1v) is 9.44. The molecule has 2 aromatic rings. The SMILES string of the molecule is CCCC(C)CCNC(=O)C(C)(c1ccc(OC)cc1)n1cnc([N+](=O)[O-])c1. The molecular weight excluding hydrogens is 360 g/mol. The topological polar surface area (TPSA) is 99.3 Å². The molecule has 0 bridgehead atoms. The quantitative estimate of drug-likeness (QED) is 0.496. The van der Waals surface area contributed by atoms with Crippen LogP contribution in [-0.4, -0.2) is 34.0 Å². The third-order valence-electron chi connectivity index (χ3n) is 5.07. The second kappa shape index (κ2) is 9.34. The Balaban J connectivity index is 2.31. The van der Waals surface area contributed by atoms with Crippen molar-refractivity contribution in [2.75, 3.05) is 13.7 Å². The van der Waals surface area contributed by atoms with E-state index in [1.807, 2.05) is 0 Å². The fourth-order valence-electron chi connectivity index (χ4n) is 3.21. The highest BCUT2D eigenvalue weighted by molar-refractivity contribution is 5.87. The van der Waals surface area contributed by atoms with E-state index in [4.69, 9.17) is 4.74 Å². The van der Waals surface area contributed by atoms with Crippen LogP contribution in [0, 0.1) is 16.0 Å². The predicted molar refractivity (Wildman–Crippen MR) is 106 cm³/mol. The molecule has 2 atom stereocenters. The third-order valence-corrected chi connectivity index (χ3v) is 5.07. The molecule has 0 aliphatic carbocycles. The van der Waals surface area contributed by atoms with Crippen molar-refractivity contribution < 1.29 is 14.5 Å². The fourth-order valence-corrected chi connectivity index (χ4v) is 3.21. The monoisotopic (exact) mass is 388 g/mol. The van der Waals surface area contributed by atoms with Crippen molar-refractivity contribution in [1.29, 1.82) is 0 Å². The number of hydrogen-bond donors (Lipinski definition) is 1. The lowest BCUT2D eigenvalue weighted by Crippen LogP contribution is -2.47. The van der Waals surface area contributed by atoms with Crippen molar-refractivity contribution >= 4 is 11.7 Å². The Bertz CT molecular complexity index is 803. The van der Waals surface area contributed by atoms with Crippen LogP contribution in [0.2, 0.25) is 0 Å². The number of imidazole rings is 1. The predicted octanol–water partition coefficient (Wildman–Crippen LogP) is 3.51. The van der Waals surface area contributed by atoms with Gasteiger partial charge >= 0.3 is 5.82 Å². The number of rotatable bonds is 10. The highest BCUT2D eigenvalue weighted by Gasteiger charge is 2.38. The number of methoxy groups -OCH3 is 1. The summed E-state index contributed by atoms with van der Waals surface area (Å²) in [6, 6.07) is 7.08. The maximum atomic E-state index is 13.2. The van der Waals surface area contributed by atoms with Crippen LogP contribution >= 0.6 is 0 Å². The molecule has 152 valence electrons. The zero-order valence-corrected chi connectivity index (χ0v) is 16.8. The van der Waals surface area contributed by atoms with Crippen LogP contribution in [0.15, 0.2) is 36.8 Å². The van der Waals surface area contributed by atoms with Crippen molar-refractivity contribution in [2.45, 2.75) is 45.6 Å². The van der Waals surface area contributed by atoms with E-state index in [9.17, 15) is 14.9 Å². The lowest BCUT2D eigenvalue weighted by Gasteiger charge is -2.30. The van der Waals surface area contributed by atoms with E-state index in [2.05, 4.69) is 24.1 Å². The highest BCUT2D eigenvalue weighted by Crippen LogP contribution is 2.29. The Morgan fingerprint density at radius 1 is 1.36 bits per heavy atom. The molecule has 8 heteroatoms. The van der Waals surface area contributed by atoms with Gasteiger partial charge in [-0.15, -0.1) is 0 Å². The highest BCUT2D eigenvalue weighted by atomic mass is 16.6. The second-order valence-corrected chi connectivity index (χ2v) is 7.14. The van der Waals surface area contributed by atoms with Crippen molar-refractivity contribution in [3.63, 3.8) is 0 Å². The Kier molecular flexibility index (Phi) is 7.14. The summed E-state index contributed by atoms with van der Waals surface area (Å²) in [5.74, 6) is 0.640. The molecule has 0 aliphatic heterocycles. The first-order chi connectivity index (χ1) is 13.3. The summed E-state index contributed by atoms with van der Waals surface area (Å²) in [5.41, 5.74) is -0.499. The Hall–Kier alpha value is -2.90. The summed E-state index contributed by atoms with van der Waals surface area (Å²) in [6.07, 6.45) is 5.70. The standard InChI is InChI=1S/C20H28N4O4/c1-5-6-15(2)11-12-21-19(25)20(3,16-7-9-17(28-4)10-8-16)23-13-18(22-14-23)24(26)27/h7-10,13-15H,5-6,11-12H2,1-4H3,(H,21,25). The summed E-state index contributed by atoms with van der Waals surface area (Å²) in [6.45, 7) is 6.58. The van der Waals surface area contributed by atoms with Gasteiger partial charge in [0.15, 0.2) is 0 Å². The molecule has 0 saturated heterocycles. The average molecular weight is 388 g/mol. The van der Waals surface area contributed by atoms with Gasteiger partial charge in [-0.3, -0.25) is 9.36 Å². The molecular formula is C20H28N4O4. The van der Waals surface area contributed by atoms with Crippen LogP contribution in [0.1, 0.15) is 45.6 Å². The first kappa shape index (κ1) is 21.4. The maximum absolute atomic E-state index is 13.2. The van der Waals surface area contributed by atoms with Gasteiger partial charge in [-0.25, -0.2) is 0 Å². The van der Waals surface area contributed by atoms with Gasteiger partial charge in [0, 0.05) is 6.54 Å². The number of carbonyl (C=O) groups excluding carboxylic acids is 1. The van der Waals surface area contributed by atoms with E-state index >= 15 is 0 Å². The van der Waals surface area contributed by atoms with Crippen LogP contribution in [0.25, 0.3) is 0 Å².